The molecule has 8 heteroatoms. The molecule has 0 atom stereocenters. The van der Waals surface area contributed by atoms with Gasteiger partial charge in [0.1, 0.15) is 5.75 Å². The molecule has 0 bridgehead atoms. The van der Waals surface area contributed by atoms with E-state index in [2.05, 4.69) is 25.6 Å². The lowest BCUT2D eigenvalue weighted by Gasteiger charge is -2.13. The van der Waals surface area contributed by atoms with Crippen molar-refractivity contribution in [3.63, 3.8) is 0 Å². The first-order valence-electron chi connectivity index (χ1n) is 7.12. The molecule has 0 aliphatic rings. The molecular formula is C15H18F2N4O2. The van der Waals surface area contributed by atoms with Gasteiger partial charge in [0.15, 0.2) is 0 Å². The van der Waals surface area contributed by atoms with Crippen molar-refractivity contribution in [3.05, 3.63) is 41.2 Å². The number of nitrogens with one attached hydrogen (secondary N) is 3. The number of halogens is 2. The van der Waals surface area contributed by atoms with Gasteiger partial charge in [-0.2, -0.15) is 13.9 Å². The number of aromatic amines is 1. The molecule has 1 aromatic heterocycles. The number of amides is 2. The lowest BCUT2D eigenvalue weighted by Crippen LogP contribution is -2.28. The summed E-state index contributed by atoms with van der Waals surface area (Å²) >= 11 is 0. The van der Waals surface area contributed by atoms with E-state index in [4.69, 9.17) is 0 Å². The van der Waals surface area contributed by atoms with Gasteiger partial charge in [-0.05, 0) is 31.5 Å². The average Bonchev–Trinajstić information content (AvgIpc) is 2.97. The van der Waals surface area contributed by atoms with E-state index in [9.17, 15) is 13.6 Å². The molecule has 23 heavy (non-hydrogen) atoms. The highest BCUT2D eigenvalue weighted by molar-refractivity contribution is 5.90. The van der Waals surface area contributed by atoms with Crippen LogP contribution < -0.4 is 15.4 Å². The maximum atomic E-state index is 12.3. The van der Waals surface area contributed by atoms with Gasteiger partial charge >= 0.3 is 12.6 Å². The number of H-pyrrole nitrogens is 1. The molecule has 6 nitrogen and oxygen atoms in total. The van der Waals surface area contributed by atoms with E-state index < -0.39 is 12.6 Å². The van der Waals surface area contributed by atoms with Gasteiger partial charge in [0.2, 0.25) is 0 Å². The van der Waals surface area contributed by atoms with Crippen molar-refractivity contribution in [2.24, 2.45) is 0 Å². The molecule has 0 saturated heterocycles. The van der Waals surface area contributed by atoms with Gasteiger partial charge in [-0.1, -0.05) is 13.0 Å². The lowest BCUT2D eigenvalue weighted by atomic mass is 10.2. The van der Waals surface area contributed by atoms with Crippen LogP contribution in [0, 0.1) is 6.92 Å². The fourth-order valence-electron chi connectivity index (χ4n) is 2.00. The number of anilines is 1. The molecule has 1 heterocycles. The molecule has 0 aliphatic heterocycles. The summed E-state index contributed by atoms with van der Waals surface area (Å²) in [7, 11) is 0. The van der Waals surface area contributed by atoms with Crippen LogP contribution in [0.15, 0.2) is 24.3 Å². The summed E-state index contributed by atoms with van der Waals surface area (Å²) in [6, 6.07) is 5.97. The van der Waals surface area contributed by atoms with Crippen LogP contribution in [0.1, 0.15) is 23.9 Å². The van der Waals surface area contributed by atoms with E-state index in [-0.39, 0.29) is 12.3 Å². The Balaban J connectivity index is 1.94. The summed E-state index contributed by atoms with van der Waals surface area (Å²) in [6.45, 7) is 0.948. The quantitative estimate of drug-likeness (QED) is 0.763. The normalized spacial score (nSPS) is 10.7. The number of aromatic nitrogens is 2. The first-order valence-corrected chi connectivity index (χ1v) is 7.12. The monoisotopic (exact) mass is 324 g/mol. The minimum Gasteiger partial charge on any atom is -0.434 e. The molecule has 1 aromatic carbocycles. The SMILES string of the molecule is CCc1cc(CNC(=O)Nc2cccc(OC(F)F)c2C)[nH]n1. The van der Waals surface area contributed by atoms with Crippen LogP contribution in [-0.2, 0) is 13.0 Å². The molecular weight excluding hydrogens is 306 g/mol. The summed E-state index contributed by atoms with van der Waals surface area (Å²) in [5.74, 6) is 0.0268. The Morgan fingerprint density at radius 3 is 2.87 bits per heavy atom. The second kappa shape index (κ2) is 7.57. The fourth-order valence-corrected chi connectivity index (χ4v) is 2.00. The lowest BCUT2D eigenvalue weighted by molar-refractivity contribution is -0.0502. The minimum atomic E-state index is -2.91. The van der Waals surface area contributed by atoms with Crippen LogP contribution in [0.25, 0.3) is 0 Å². The Hall–Kier alpha value is -2.64. The topological polar surface area (TPSA) is 79.0 Å². The molecule has 124 valence electrons. The maximum Gasteiger partial charge on any atom is 0.387 e. The molecule has 0 fully saturated rings. The van der Waals surface area contributed by atoms with E-state index in [1.807, 2.05) is 13.0 Å². The molecule has 2 rings (SSSR count). The third kappa shape index (κ3) is 4.67. The van der Waals surface area contributed by atoms with Gasteiger partial charge in [0, 0.05) is 11.3 Å². The molecule has 0 unspecified atom stereocenters. The van der Waals surface area contributed by atoms with Gasteiger partial charge in [0.05, 0.1) is 17.9 Å². The van der Waals surface area contributed by atoms with Crippen molar-refractivity contribution in [2.75, 3.05) is 5.32 Å². The second-order valence-electron chi connectivity index (χ2n) is 4.85. The van der Waals surface area contributed by atoms with E-state index in [0.717, 1.165) is 17.8 Å². The highest BCUT2D eigenvalue weighted by Crippen LogP contribution is 2.26. The Morgan fingerprint density at radius 2 is 2.22 bits per heavy atom. The van der Waals surface area contributed by atoms with E-state index in [1.165, 1.54) is 12.1 Å². The van der Waals surface area contributed by atoms with Gasteiger partial charge < -0.3 is 15.4 Å². The van der Waals surface area contributed by atoms with Crippen LogP contribution >= 0.6 is 0 Å². The van der Waals surface area contributed by atoms with Gasteiger partial charge in [-0.3, -0.25) is 5.10 Å². The molecule has 0 aliphatic carbocycles. The maximum absolute atomic E-state index is 12.3. The van der Waals surface area contributed by atoms with Crippen molar-refractivity contribution in [2.45, 2.75) is 33.4 Å². The van der Waals surface area contributed by atoms with Crippen LogP contribution in [0.4, 0.5) is 19.3 Å². The highest BCUT2D eigenvalue weighted by Gasteiger charge is 2.12. The van der Waals surface area contributed by atoms with Crippen LogP contribution in [0.2, 0.25) is 0 Å². The van der Waals surface area contributed by atoms with Gasteiger partial charge in [-0.15, -0.1) is 0 Å². The molecule has 0 saturated carbocycles. The average molecular weight is 324 g/mol. The molecule has 2 amide bonds. The summed E-state index contributed by atoms with van der Waals surface area (Å²) in [5.41, 5.74) is 2.52. The number of nitrogens with zero attached hydrogens (tertiary/aromatic N) is 1. The number of alkyl halides is 2. The molecule has 2 aromatic rings. The second-order valence-corrected chi connectivity index (χ2v) is 4.85. The number of aryl methyl sites for hydroxylation is 1. The fraction of sp³-hybridized carbons (Fsp3) is 0.333. The number of benzene rings is 1. The number of urea groups is 1. The van der Waals surface area contributed by atoms with E-state index >= 15 is 0 Å². The number of carbonyl (C=O) groups is 1. The first kappa shape index (κ1) is 16.7. The number of carbonyl (C=O) groups excluding carboxylic acids is 1. The summed E-state index contributed by atoms with van der Waals surface area (Å²) in [4.78, 5) is 11.9. The Bertz CT molecular complexity index is 673. The molecule has 0 radical (unpaired) electrons. The largest absolute Gasteiger partial charge is 0.434 e. The molecule has 0 spiro atoms. The van der Waals surface area contributed by atoms with Crippen molar-refractivity contribution >= 4 is 11.7 Å². The van der Waals surface area contributed by atoms with Crippen molar-refractivity contribution in [1.29, 1.82) is 0 Å². The smallest absolute Gasteiger partial charge is 0.387 e. The highest BCUT2D eigenvalue weighted by atomic mass is 19.3. The van der Waals surface area contributed by atoms with E-state index in [1.54, 1.807) is 13.0 Å². The van der Waals surface area contributed by atoms with Crippen molar-refractivity contribution < 1.29 is 18.3 Å². The first-order chi connectivity index (χ1) is 11.0. The predicted molar refractivity (Wildman–Crippen MR) is 81.6 cm³/mol. The van der Waals surface area contributed by atoms with Crippen LogP contribution in [-0.4, -0.2) is 22.8 Å². The number of rotatable bonds is 6. The number of ether oxygens (including phenoxy) is 1. The summed E-state index contributed by atoms with van der Waals surface area (Å²) in [6.07, 6.45) is 0.804. The van der Waals surface area contributed by atoms with Gasteiger partial charge in [-0.25, -0.2) is 4.79 Å². The van der Waals surface area contributed by atoms with E-state index in [0.29, 0.717) is 11.3 Å². The third-order valence-corrected chi connectivity index (χ3v) is 3.23. The third-order valence-electron chi connectivity index (χ3n) is 3.23. The van der Waals surface area contributed by atoms with Gasteiger partial charge in [0.25, 0.3) is 0 Å². The Labute approximate surface area is 132 Å². The predicted octanol–water partition coefficient (Wildman–Crippen LogP) is 3.20. The standard InChI is InChI=1S/C15H18F2N4O2/c1-3-10-7-11(21-20-10)8-18-15(22)19-12-5-4-6-13(9(12)2)23-14(16)17/h4-7,14H,3,8H2,1-2H3,(H,20,21)(H2,18,19,22). The zero-order valence-electron chi connectivity index (χ0n) is 12.8. The Kier molecular flexibility index (Phi) is 5.51. The minimum absolute atomic E-state index is 0.0268. The number of hydrogen-bond acceptors (Lipinski definition) is 3. The summed E-state index contributed by atoms with van der Waals surface area (Å²) < 4.78 is 29.0. The van der Waals surface area contributed by atoms with Crippen LogP contribution in [0.3, 0.4) is 0 Å². The van der Waals surface area contributed by atoms with Crippen LogP contribution in [0.5, 0.6) is 5.75 Å². The van der Waals surface area contributed by atoms with Crippen molar-refractivity contribution in [1.82, 2.24) is 15.5 Å². The number of hydrogen-bond donors (Lipinski definition) is 3. The summed E-state index contributed by atoms with van der Waals surface area (Å²) in [5, 5.41) is 12.2. The zero-order valence-corrected chi connectivity index (χ0v) is 12.8. The molecule has 3 N–H and O–H groups in total. The van der Waals surface area contributed by atoms with Crippen molar-refractivity contribution in [3.8, 4) is 5.75 Å². The zero-order chi connectivity index (χ0) is 16.8. The Morgan fingerprint density at radius 1 is 1.43 bits per heavy atom.